The summed E-state index contributed by atoms with van der Waals surface area (Å²) in [4.78, 5) is 23.5. The van der Waals surface area contributed by atoms with Gasteiger partial charge >= 0.3 is 6.03 Å². The van der Waals surface area contributed by atoms with Crippen molar-refractivity contribution in [3.63, 3.8) is 0 Å². The van der Waals surface area contributed by atoms with Gasteiger partial charge in [0.1, 0.15) is 0 Å². The van der Waals surface area contributed by atoms with E-state index in [0.29, 0.717) is 24.7 Å². The average Bonchev–Trinajstić information content (AvgIpc) is 2.86. The molecule has 0 saturated carbocycles. The minimum Gasteiger partial charge on any atom is -0.355 e. The fraction of sp³-hybridized carbons (Fsp3) is 0.529. The molecule has 1 aliphatic rings. The number of amides is 3. The average molecular weight is 318 g/mol. The molecular formula is C17H26N4O2. The molecule has 0 spiro atoms. The predicted octanol–water partition coefficient (Wildman–Crippen LogP) is 1.38. The van der Waals surface area contributed by atoms with Gasteiger partial charge in [0.2, 0.25) is 0 Å². The van der Waals surface area contributed by atoms with Crippen molar-refractivity contribution in [2.24, 2.45) is 0 Å². The van der Waals surface area contributed by atoms with Crippen molar-refractivity contribution >= 4 is 11.9 Å². The van der Waals surface area contributed by atoms with E-state index in [9.17, 15) is 9.59 Å². The molecule has 1 unspecified atom stereocenters. The van der Waals surface area contributed by atoms with Crippen molar-refractivity contribution in [2.75, 3.05) is 20.1 Å². The number of hydrogen-bond donors (Lipinski definition) is 4. The number of nitrogens with one attached hydrogen (secondary N) is 4. The summed E-state index contributed by atoms with van der Waals surface area (Å²) in [5, 5.41) is 11.8. The fourth-order valence-electron chi connectivity index (χ4n) is 2.70. The first-order valence-electron chi connectivity index (χ1n) is 8.25. The quantitative estimate of drug-likeness (QED) is 0.662. The molecule has 0 radical (unpaired) electrons. The van der Waals surface area contributed by atoms with Gasteiger partial charge in [-0.25, -0.2) is 4.79 Å². The largest absolute Gasteiger partial charge is 0.355 e. The molecule has 3 amide bonds. The predicted molar refractivity (Wildman–Crippen MR) is 90.3 cm³/mol. The molecule has 1 fully saturated rings. The molecule has 0 aliphatic carbocycles. The van der Waals surface area contributed by atoms with E-state index in [2.05, 4.69) is 21.3 Å². The van der Waals surface area contributed by atoms with E-state index in [-0.39, 0.29) is 11.9 Å². The highest BCUT2D eigenvalue weighted by atomic mass is 16.2. The number of benzene rings is 1. The third kappa shape index (κ3) is 5.90. The lowest BCUT2D eigenvalue weighted by Gasteiger charge is -2.16. The number of rotatable bonds is 5. The van der Waals surface area contributed by atoms with Crippen molar-refractivity contribution in [3.05, 3.63) is 35.4 Å². The zero-order valence-corrected chi connectivity index (χ0v) is 13.7. The van der Waals surface area contributed by atoms with E-state index in [1.807, 2.05) is 12.1 Å². The van der Waals surface area contributed by atoms with E-state index in [1.165, 1.54) is 19.3 Å². The molecule has 126 valence electrons. The molecule has 1 aromatic rings. The van der Waals surface area contributed by atoms with Crippen LogP contribution in [0.2, 0.25) is 0 Å². The van der Waals surface area contributed by atoms with Crippen LogP contribution in [0.3, 0.4) is 0 Å². The summed E-state index contributed by atoms with van der Waals surface area (Å²) in [5.74, 6) is -0.129. The minimum absolute atomic E-state index is 0.129. The molecular weight excluding hydrogens is 292 g/mol. The normalized spacial score (nSPS) is 17.9. The zero-order chi connectivity index (χ0) is 16.5. The lowest BCUT2D eigenvalue weighted by atomic mass is 10.1. The van der Waals surface area contributed by atoms with Crippen molar-refractivity contribution in [1.82, 2.24) is 21.3 Å². The van der Waals surface area contributed by atoms with E-state index in [4.69, 9.17) is 0 Å². The van der Waals surface area contributed by atoms with Gasteiger partial charge in [0.15, 0.2) is 0 Å². The zero-order valence-electron chi connectivity index (χ0n) is 13.7. The Hall–Kier alpha value is -2.08. The number of urea groups is 1. The first kappa shape index (κ1) is 17.3. The maximum Gasteiger partial charge on any atom is 0.315 e. The molecule has 4 N–H and O–H groups in total. The Bertz CT molecular complexity index is 525. The van der Waals surface area contributed by atoms with Gasteiger partial charge in [0.05, 0.1) is 0 Å². The first-order valence-corrected chi connectivity index (χ1v) is 8.25. The third-order valence-corrected chi connectivity index (χ3v) is 4.04. The van der Waals surface area contributed by atoms with E-state index < -0.39 is 0 Å². The molecule has 6 heteroatoms. The molecule has 6 nitrogen and oxygen atoms in total. The second kappa shape index (κ2) is 9.15. The van der Waals surface area contributed by atoms with E-state index in [1.54, 1.807) is 19.2 Å². The van der Waals surface area contributed by atoms with Crippen LogP contribution in [0.15, 0.2) is 24.3 Å². The second-order valence-corrected chi connectivity index (χ2v) is 5.84. The molecule has 1 saturated heterocycles. The first-order chi connectivity index (χ1) is 11.2. The summed E-state index contributed by atoms with van der Waals surface area (Å²) < 4.78 is 0. The van der Waals surface area contributed by atoms with Crippen molar-refractivity contribution in [1.29, 1.82) is 0 Å². The van der Waals surface area contributed by atoms with Crippen LogP contribution in [0, 0.1) is 0 Å². The number of hydrogen-bond acceptors (Lipinski definition) is 3. The highest BCUT2D eigenvalue weighted by Gasteiger charge is 2.12. The topological polar surface area (TPSA) is 82.3 Å². The van der Waals surface area contributed by atoms with Gasteiger partial charge in [0, 0.05) is 31.7 Å². The summed E-state index contributed by atoms with van der Waals surface area (Å²) >= 11 is 0. The summed E-state index contributed by atoms with van der Waals surface area (Å²) in [6.45, 7) is 2.07. The van der Waals surface area contributed by atoms with Gasteiger partial charge in [-0.2, -0.15) is 0 Å². The Balaban J connectivity index is 1.74. The van der Waals surface area contributed by atoms with Crippen LogP contribution >= 0.6 is 0 Å². The minimum atomic E-state index is -0.179. The highest BCUT2D eigenvalue weighted by molar-refractivity contribution is 5.94. The van der Waals surface area contributed by atoms with Crippen LogP contribution in [0.4, 0.5) is 4.79 Å². The maximum absolute atomic E-state index is 11.9. The summed E-state index contributed by atoms with van der Waals surface area (Å²) in [5.41, 5.74) is 1.49. The summed E-state index contributed by atoms with van der Waals surface area (Å²) in [7, 11) is 1.60. The fourth-order valence-corrected chi connectivity index (χ4v) is 2.70. The summed E-state index contributed by atoms with van der Waals surface area (Å²) in [6, 6.07) is 7.42. The molecule has 1 heterocycles. The van der Waals surface area contributed by atoms with Crippen LogP contribution in [0.5, 0.6) is 0 Å². The van der Waals surface area contributed by atoms with E-state index >= 15 is 0 Å². The molecule has 23 heavy (non-hydrogen) atoms. The Morgan fingerprint density at radius 2 is 2.09 bits per heavy atom. The lowest BCUT2D eigenvalue weighted by molar-refractivity contribution is 0.0963. The van der Waals surface area contributed by atoms with E-state index in [0.717, 1.165) is 18.5 Å². The van der Waals surface area contributed by atoms with Crippen molar-refractivity contribution in [3.8, 4) is 0 Å². The van der Waals surface area contributed by atoms with Crippen LogP contribution < -0.4 is 21.3 Å². The summed E-state index contributed by atoms with van der Waals surface area (Å²) in [6.07, 6.45) is 4.80. The molecule has 1 aliphatic heterocycles. The highest BCUT2D eigenvalue weighted by Crippen LogP contribution is 2.07. The smallest absolute Gasteiger partial charge is 0.315 e. The number of carbonyl (C=O) groups excluding carboxylic acids is 2. The standard InChI is InChI=1S/C17H26N4O2/c1-18-16(22)14-7-5-6-13(10-14)11-20-17(23)21-12-15-8-3-2-4-9-19-15/h5-7,10,15,19H,2-4,8-9,11-12H2,1H3,(H,18,22)(H2,20,21,23). The monoisotopic (exact) mass is 318 g/mol. The van der Waals surface area contributed by atoms with Crippen LogP contribution in [-0.2, 0) is 6.54 Å². The Kier molecular flexibility index (Phi) is 6.87. The molecule has 0 aromatic heterocycles. The van der Waals surface area contributed by atoms with Gasteiger partial charge in [-0.1, -0.05) is 25.0 Å². The van der Waals surface area contributed by atoms with Gasteiger partial charge < -0.3 is 21.3 Å². The molecule has 1 aromatic carbocycles. The maximum atomic E-state index is 11.9. The second-order valence-electron chi connectivity index (χ2n) is 5.84. The van der Waals surface area contributed by atoms with Crippen molar-refractivity contribution in [2.45, 2.75) is 38.3 Å². The molecule has 0 bridgehead atoms. The van der Waals surface area contributed by atoms with Gasteiger partial charge in [0.25, 0.3) is 5.91 Å². The Morgan fingerprint density at radius 3 is 2.91 bits per heavy atom. The Morgan fingerprint density at radius 1 is 1.22 bits per heavy atom. The number of carbonyl (C=O) groups is 2. The van der Waals surface area contributed by atoms with Gasteiger partial charge in [-0.15, -0.1) is 0 Å². The molecule has 2 rings (SSSR count). The molecule has 1 atom stereocenters. The van der Waals surface area contributed by atoms with Crippen LogP contribution in [0.25, 0.3) is 0 Å². The van der Waals surface area contributed by atoms with Gasteiger partial charge in [-0.3, -0.25) is 4.79 Å². The third-order valence-electron chi connectivity index (χ3n) is 4.04. The lowest BCUT2D eigenvalue weighted by Crippen LogP contribution is -2.44. The van der Waals surface area contributed by atoms with Gasteiger partial charge in [-0.05, 0) is 37.1 Å². The SMILES string of the molecule is CNC(=O)c1cccc(CNC(=O)NCC2CCCCCN2)c1. The van der Waals surface area contributed by atoms with Crippen LogP contribution in [-0.4, -0.2) is 38.1 Å². The Labute approximate surface area is 137 Å². The van der Waals surface area contributed by atoms with Crippen molar-refractivity contribution < 1.29 is 9.59 Å². The van der Waals surface area contributed by atoms with Crippen LogP contribution in [0.1, 0.15) is 41.6 Å².